The van der Waals surface area contributed by atoms with E-state index < -0.39 is 0 Å². The lowest BCUT2D eigenvalue weighted by atomic mass is 10.0. The minimum absolute atomic E-state index is 0.203. The summed E-state index contributed by atoms with van der Waals surface area (Å²) >= 11 is 0. The Balaban J connectivity index is 2.49. The molecule has 2 heterocycles. The lowest BCUT2D eigenvalue weighted by molar-refractivity contribution is 0.735. The van der Waals surface area contributed by atoms with Crippen LogP contribution < -0.4 is 11.5 Å². The van der Waals surface area contributed by atoms with Crippen molar-refractivity contribution >= 4 is 0 Å². The molecule has 2 aromatic heterocycles. The van der Waals surface area contributed by atoms with Gasteiger partial charge >= 0.3 is 0 Å². The number of hydrogen-bond donors (Lipinski definition) is 2. The fraction of sp³-hybridized carbons (Fsp3) is 0.167. The average Bonchev–Trinajstić information content (AvgIpc) is 2.39. The monoisotopic (exact) mass is 214 g/mol. The van der Waals surface area contributed by atoms with Gasteiger partial charge in [-0.05, 0) is 23.8 Å². The summed E-state index contributed by atoms with van der Waals surface area (Å²) in [6.07, 6.45) is 3.47. The molecule has 82 valence electrons. The lowest BCUT2D eigenvalue weighted by Crippen LogP contribution is -2.21. The molecule has 4 N–H and O–H groups in total. The lowest BCUT2D eigenvalue weighted by Gasteiger charge is -2.12. The predicted molar refractivity (Wildman–Crippen MR) is 63.5 cm³/mol. The van der Waals surface area contributed by atoms with E-state index in [0.29, 0.717) is 6.54 Å². The number of nitrogens with zero attached hydrogens (tertiary/aromatic N) is 2. The molecule has 0 spiro atoms. The second kappa shape index (κ2) is 4.83. The number of nitrogens with two attached hydrogens (primary N) is 2. The zero-order valence-corrected chi connectivity index (χ0v) is 8.88. The first-order valence-corrected chi connectivity index (χ1v) is 5.15. The minimum Gasteiger partial charge on any atom is -0.329 e. The first kappa shape index (κ1) is 10.7. The van der Waals surface area contributed by atoms with E-state index in [1.165, 1.54) is 0 Å². The molecule has 2 aromatic rings. The van der Waals surface area contributed by atoms with Crippen molar-refractivity contribution in [2.45, 2.75) is 6.04 Å². The van der Waals surface area contributed by atoms with Crippen LogP contribution in [-0.2, 0) is 0 Å². The van der Waals surface area contributed by atoms with E-state index in [1.54, 1.807) is 12.4 Å². The molecule has 16 heavy (non-hydrogen) atoms. The Morgan fingerprint density at radius 2 is 1.88 bits per heavy atom. The molecule has 0 aliphatic carbocycles. The minimum atomic E-state index is -0.203. The van der Waals surface area contributed by atoms with E-state index in [-0.39, 0.29) is 6.04 Å². The Bertz CT molecular complexity index is 456. The highest BCUT2D eigenvalue weighted by Gasteiger charge is 2.12. The SMILES string of the molecule is NCC(N)c1cccnc1-c1ccccn1. The predicted octanol–water partition coefficient (Wildman–Crippen LogP) is 1.10. The normalized spacial score (nSPS) is 12.4. The summed E-state index contributed by atoms with van der Waals surface area (Å²) in [5.74, 6) is 0. The molecule has 2 rings (SSSR count). The van der Waals surface area contributed by atoms with Gasteiger partial charge in [-0.1, -0.05) is 12.1 Å². The summed E-state index contributed by atoms with van der Waals surface area (Å²) in [7, 11) is 0. The maximum Gasteiger partial charge on any atom is 0.0934 e. The van der Waals surface area contributed by atoms with E-state index in [2.05, 4.69) is 9.97 Å². The van der Waals surface area contributed by atoms with Crippen LogP contribution in [0, 0.1) is 0 Å². The third-order valence-corrected chi connectivity index (χ3v) is 2.40. The van der Waals surface area contributed by atoms with E-state index in [1.807, 2.05) is 30.3 Å². The fourth-order valence-electron chi connectivity index (χ4n) is 1.56. The van der Waals surface area contributed by atoms with Gasteiger partial charge in [0.15, 0.2) is 0 Å². The fourth-order valence-corrected chi connectivity index (χ4v) is 1.56. The third-order valence-electron chi connectivity index (χ3n) is 2.40. The van der Waals surface area contributed by atoms with E-state index >= 15 is 0 Å². The quantitative estimate of drug-likeness (QED) is 0.802. The highest BCUT2D eigenvalue weighted by Crippen LogP contribution is 2.22. The number of pyridine rings is 2. The summed E-state index contributed by atoms with van der Waals surface area (Å²) in [6, 6.07) is 9.30. The molecule has 0 radical (unpaired) electrons. The molecule has 0 bridgehead atoms. The first-order chi connectivity index (χ1) is 7.83. The summed E-state index contributed by atoms with van der Waals surface area (Å²) in [5.41, 5.74) is 14.1. The highest BCUT2D eigenvalue weighted by atomic mass is 14.8. The van der Waals surface area contributed by atoms with E-state index in [0.717, 1.165) is 17.0 Å². The largest absolute Gasteiger partial charge is 0.329 e. The van der Waals surface area contributed by atoms with Crippen molar-refractivity contribution in [3.05, 3.63) is 48.3 Å². The molecule has 0 saturated carbocycles. The second-order valence-corrected chi connectivity index (χ2v) is 3.50. The Hall–Kier alpha value is -1.78. The molecule has 0 amide bonds. The van der Waals surface area contributed by atoms with Crippen molar-refractivity contribution in [3.8, 4) is 11.4 Å². The standard InChI is InChI=1S/C12H14N4/c13-8-10(14)9-4-3-7-16-12(9)11-5-1-2-6-15-11/h1-7,10H,8,13-14H2. The van der Waals surface area contributed by atoms with Crippen LogP contribution in [0.3, 0.4) is 0 Å². The first-order valence-electron chi connectivity index (χ1n) is 5.15. The van der Waals surface area contributed by atoms with Gasteiger partial charge in [0.25, 0.3) is 0 Å². The van der Waals surface area contributed by atoms with E-state index in [9.17, 15) is 0 Å². The molecule has 0 fully saturated rings. The van der Waals surface area contributed by atoms with Gasteiger partial charge in [0.2, 0.25) is 0 Å². The van der Waals surface area contributed by atoms with Crippen LogP contribution in [0.25, 0.3) is 11.4 Å². The summed E-state index contributed by atoms with van der Waals surface area (Å²) in [5, 5.41) is 0. The maximum atomic E-state index is 5.94. The van der Waals surface area contributed by atoms with Gasteiger partial charge in [-0.25, -0.2) is 0 Å². The highest BCUT2D eigenvalue weighted by molar-refractivity contribution is 5.59. The van der Waals surface area contributed by atoms with Crippen LogP contribution in [0.4, 0.5) is 0 Å². The van der Waals surface area contributed by atoms with Crippen LogP contribution in [-0.4, -0.2) is 16.5 Å². The molecule has 0 aliphatic heterocycles. The van der Waals surface area contributed by atoms with Crippen molar-refractivity contribution < 1.29 is 0 Å². The van der Waals surface area contributed by atoms with Crippen LogP contribution in [0.2, 0.25) is 0 Å². The van der Waals surface area contributed by atoms with Gasteiger partial charge < -0.3 is 11.5 Å². The molecule has 0 aromatic carbocycles. The number of hydrogen-bond acceptors (Lipinski definition) is 4. The molecule has 1 atom stereocenters. The summed E-state index contributed by atoms with van der Waals surface area (Å²) in [6.45, 7) is 0.394. The molecular weight excluding hydrogens is 200 g/mol. The average molecular weight is 214 g/mol. The van der Waals surface area contributed by atoms with Crippen molar-refractivity contribution in [1.29, 1.82) is 0 Å². The van der Waals surface area contributed by atoms with Crippen molar-refractivity contribution in [2.24, 2.45) is 11.5 Å². The summed E-state index contributed by atoms with van der Waals surface area (Å²) in [4.78, 5) is 8.59. The van der Waals surface area contributed by atoms with Crippen molar-refractivity contribution in [1.82, 2.24) is 9.97 Å². The van der Waals surface area contributed by atoms with Crippen LogP contribution in [0.15, 0.2) is 42.7 Å². The van der Waals surface area contributed by atoms with Crippen LogP contribution in [0.1, 0.15) is 11.6 Å². The molecule has 0 aliphatic rings. The number of rotatable bonds is 3. The van der Waals surface area contributed by atoms with Gasteiger partial charge in [-0.2, -0.15) is 0 Å². The van der Waals surface area contributed by atoms with Gasteiger partial charge in [0.1, 0.15) is 0 Å². The van der Waals surface area contributed by atoms with Gasteiger partial charge in [0.05, 0.1) is 11.4 Å². The Kier molecular flexibility index (Phi) is 3.24. The van der Waals surface area contributed by atoms with Crippen molar-refractivity contribution in [2.75, 3.05) is 6.54 Å². The Labute approximate surface area is 94.3 Å². The molecule has 1 unspecified atom stereocenters. The van der Waals surface area contributed by atoms with Gasteiger partial charge in [-0.3, -0.25) is 9.97 Å². The topological polar surface area (TPSA) is 77.8 Å². The zero-order valence-electron chi connectivity index (χ0n) is 8.88. The Morgan fingerprint density at radius 3 is 2.56 bits per heavy atom. The Morgan fingerprint density at radius 1 is 1.06 bits per heavy atom. The number of aromatic nitrogens is 2. The smallest absolute Gasteiger partial charge is 0.0934 e. The zero-order chi connectivity index (χ0) is 11.4. The van der Waals surface area contributed by atoms with E-state index in [4.69, 9.17) is 11.5 Å². The maximum absolute atomic E-state index is 5.94. The molecule has 4 nitrogen and oxygen atoms in total. The van der Waals surface area contributed by atoms with Gasteiger partial charge in [0, 0.05) is 25.0 Å². The molecular formula is C12H14N4. The third kappa shape index (κ3) is 2.08. The molecule has 0 saturated heterocycles. The summed E-state index contributed by atoms with van der Waals surface area (Å²) < 4.78 is 0. The van der Waals surface area contributed by atoms with Gasteiger partial charge in [-0.15, -0.1) is 0 Å². The molecule has 4 heteroatoms. The van der Waals surface area contributed by atoms with Crippen molar-refractivity contribution in [3.63, 3.8) is 0 Å². The second-order valence-electron chi connectivity index (χ2n) is 3.50. The van der Waals surface area contributed by atoms with Crippen LogP contribution in [0.5, 0.6) is 0 Å². The van der Waals surface area contributed by atoms with Crippen LogP contribution >= 0.6 is 0 Å².